The van der Waals surface area contributed by atoms with Crippen LogP contribution in [0.25, 0.3) is 0 Å². The van der Waals surface area contributed by atoms with Gasteiger partial charge in [-0.05, 0) is 48.9 Å². The predicted molar refractivity (Wildman–Crippen MR) is 171 cm³/mol. The maximum atomic E-state index is 13.7. The number of hydrogen-bond donors (Lipinski definition) is 3. The summed E-state index contributed by atoms with van der Waals surface area (Å²) in [7, 11) is 0.415. The number of amides is 3. The van der Waals surface area contributed by atoms with E-state index in [9.17, 15) is 27.9 Å². The van der Waals surface area contributed by atoms with Crippen molar-refractivity contribution in [3.63, 3.8) is 0 Å². The monoisotopic (exact) mass is 631 g/mol. The Morgan fingerprint density at radius 1 is 0.909 bits per heavy atom. The molecule has 3 amide bonds. The number of carbonyl (C=O) groups is 3. The Hall–Kier alpha value is -3.32. The number of benzene rings is 2. The van der Waals surface area contributed by atoms with Gasteiger partial charge < -0.3 is 15.3 Å². The van der Waals surface area contributed by atoms with Gasteiger partial charge in [0.2, 0.25) is 15.9 Å². The summed E-state index contributed by atoms with van der Waals surface area (Å²) in [6, 6.07) is 12.5. The molecule has 0 saturated carbocycles. The summed E-state index contributed by atoms with van der Waals surface area (Å²) in [4.78, 5) is 41.0. The van der Waals surface area contributed by atoms with Crippen LogP contribution in [-0.4, -0.2) is 98.4 Å². The van der Waals surface area contributed by atoms with Crippen LogP contribution >= 0.6 is 0 Å². The van der Waals surface area contributed by atoms with Crippen molar-refractivity contribution < 1.29 is 27.9 Å². The van der Waals surface area contributed by atoms with Crippen LogP contribution in [0, 0.1) is 5.92 Å². The SMILES string of the molecule is CCCN(CCC)C(=O)c1cc(C(=O)NC(Cc2ccccc2)C(O)CN(C)NC(=O)CC(C)C)cc(S(=O)(=O)N(C)C)c1. The van der Waals surface area contributed by atoms with E-state index in [4.69, 9.17) is 0 Å². The average Bonchev–Trinajstić information content (AvgIpc) is 2.95. The number of hydrogen-bond acceptors (Lipinski definition) is 7. The second kappa shape index (κ2) is 17.2. The van der Waals surface area contributed by atoms with Gasteiger partial charge in [-0.15, -0.1) is 0 Å². The first-order chi connectivity index (χ1) is 20.7. The van der Waals surface area contributed by atoms with Crippen LogP contribution in [0.3, 0.4) is 0 Å². The van der Waals surface area contributed by atoms with Gasteiger partial charge in [0.1, 0.15) is 0 Å². The summed E-state index contributed by atoms with van der Waals surface area (Å²) in [6.45, 7) is 8.77. The van der Waals surface area contributed by atoms with Gasteiger partial charge in [0.25, 0.3) is 11.8 Å². The molecule has 2 aromatic rings. The van der Waals surface area contributed by atoms with Gasteiger partial charge in [0.15, 0.2) is 0 Å². The minimum atomic E-state index is -3.98. The zero-order chi connectivity index (χ0) is 33.0. The molecule has 0 bridgehead atoms. The van der Waals surface area contributed by atoms with E-state index in [0.717, 1.165) is 22.7 Å². The zero-order valence-corrected chi connectivity index (χ0v) is 27.9. The van der Waals surface area contributed by atoms with E-state index in [2.05, 4.69) is 10.7 Å². The number of sulfonamides is 1. The number of aliphatic hydroxyl groups excluding tert-OH is 1. The van der Waals surface area contributed by atoms with Gasteiger partial charge in [0.05, 0.1) is 17.0 Å². The molecule has 0 aliphatic carbocycles. The minimum absolute atomic E-state index is 0.0173. The molecule has 44 heavy (non-hydrogen) atoms. The number of nitrogens with one attached hydrogen (secondary N) is 2. The fraction of sp³-hybridized carbons (Fsp3) is 0.531. The molecule has 244 valence electrons. The fourth-order valence-electron chi connectivity index (χ4n) is 4.74. The van der Waals surface area contributed by atoms with Gasteiger partial charge in [-0.3, -0.25) is 19.8 Å². The van der Waals surface area contributed by atoms with Crippen LogP contribution in [0.4, 0.5) is 0 Å². The van der Waals surface area contributed by atoms with Crippen LogP contribution in [-0.2, 0) is 21.2 Å². The summed E-state index contributed by atoms with van der Waals surface area (Å²) in [5, 5.41) is 15.6. The average molecular weight is 632 g/mol. The van der Waals surface area contributed by atoms with E-state index < -0.39 is 28.1 Å². The van der Waals surface area contributed by atoms with E-state index in [1.54, 1.807) is 11.9 Å². The van der Waals surface area contributed by atoms with Crippen LogP contribution in [0.1, 0.15) is 73.2 Å². The molecule has 0 spiro atoms. The molecule has 0 heterocycles. The molecule has 0 aliphatic heterocycles. The largest absolute Gasteiger partial charge is 0.390 e. The Balaban J connectivity index is 2.46. The van der Waals surface area contributed by atoms with Crippen LogP contribution in [0.5, 0.6) is 0 Å². The summed E-state index contributed by atoms with van der Waals surface area (Å²) in [6.07, 6.45) is 0.929. The highest BCUT2D eigenvalue weighted by Gasteiger charge is 2.28. The molecule has 0 aliphatic rings. The third kappa shape index (κ3) is 11.0. The molecule has 0 fully saturated rings. The summed E-state index contributed by atoms with van der Waals surface area (Å²) >= 11 is 0. The molecule has 2 rings (SSSR count). The molecule has 12 heteroatoms. The minimum Gasteiger partial charge on any atom is -0.390 e. The van der Waals surface area contributed by atoms with E-state index in [1.807, 2.05) is 58.0 Å². The Labute approximate surface area is 262 Å². The lowest BCUT2D eigenvalue weighted by molar-refractivity contribution is -0.126. The van der Waals surface area contributed by atoms with Crippen LogP contribution < -0.4 is 10.7 Å². The highest BCUT2D eigenvalue weighted by atomic mass is 32.2. The first kappa shape index (κ1) is 36.9. The molecule has 0 radical (unpaired) electrons. The van der Waals surface area contributed by atoms with Crippen molar-refractivity contribution in [3.8, 4) is 0 Å². The van der Waals surface area contributed by atoms with Crippen molar-refractivity contribution >= 4 is 27.7 Å². The van der Waals surface area contributed by atoms with E-state index in [0.29, 0.717) is 19.5 Å². The highest BCUT2D eigenvalue weighted by Crippen LogP contribution is 2.21. The van der Waals surface area contributed by atoms with Crippen molar-refractivity contribution in [2.24, 2.45) is 5.92 Å². The van der Waals surface area contributed by atoms with Crippen molar-refractivity contribution in [3.05, 3.63) is 65.2 Å². The zero-order valence-electron chi connectivity index (χ0n) is 27.0. The lowest BCUT2D eigenvalue weighted by atomic mass is 10.00. The number of nitrogens with zero attached hydrogens (tertiary/aromatic N) is 3. The van der Waals surface area contributed by atoms with Gasteiger partial charge in [-0.1, -0.05) is 58.0 Å². The van der Waals surface area contributed by atoms with Crippen LogP contribution in [0.15, 0.2) is 53.4 Å². The van der Waals surface area contributed by atoms with E-state index in [1.165, 1.54) is 37.3 Å². The maximum Gasteiger partial charge on any atom is 0.253 e. The van der Waals surface area contributed by atoms with Crippen LogP contribution in [0.2, 0.25) is 0 Å². The highest BCUT2D eigenvalue weighted by molar-refractivity contribution is 7.89. The Morgan fingerprint density at radius 3 is 2.05 bits per heavy atom. The van der Waals surface area contributed by atoms with Crippen molar-refractivity contribution in [1.82, 2.24) is 25.0 Å². The molecule has 2 unspecified atom stereocenters. The van der Waals surface area contributed by atoms with Gasteiger partial charge in [0, 0.05) is 58.3 Å². The summed E-state index contributed by atoms with van der Waals surface area (Å²) in [5.41, 5.74) is 3.67. The first-order valence-corrected chi connectivity index (χ1v) is 16.5. The van der Waals surface area contributed by atoms with Crippen molar-refractivity contribution in [2.75, 3.05) is 40.8 Å². The number of hydrazine groups is 1. The Kier molecular flexibility index (Phi) is 14.4. The fourth-order valence-corrected chi connectivity index (χ4v) is 5.71. The number of likely N-dealkylation sites (N-methyl/N-ethyl adjacent to an activating group) is 1. The standard InChI is InChI=1S/C32H49N5O6S/c1-8-15-37(16-9-2)32(41)26-19-25(20-27(21-26)44(42,43)35(5)6)31(40)33-28(18-24-13-11-10-12-14-24)29(38)22-36(7)34-30(39)17-23(3)4/h10-14,19-21,23,28-29,38H,8-9,15-18,22H2,1-7H3,(H,33,40)(H,34,39). The second-order valence-corrected chi connectivity index (χ2v) is 13.8. The van der Waals surface area contributed by atoms with E-state index >= 15 is 0 Å². The Morgan fingerprint density at radius 2 is 1.50 bits per heavy atom. The molecular formula is C32H49N5O6S. The number of carbonyl (C=O) groups excluding carboxylic acids is 3. The maximum absolute atomic E-state index is 13.7. The third-order valence-corrected chi connectivity index (χ3v) is 8.71. The Bertz CT molecular complexity index is 1340. The van der Waals surface area contributed by atoms with E-state index in [-0.39, 0.29) is 46.7 Å². The normalized spacial score (nSPS) is 13.2. The molecule has 3 N–H and O–H groups in total. The molecule has 2 aromatic carbocycles. The predicted octanol–water partition coefficient (Wildman–Crippen LogP) is 2.91. The molecule has 0 saturated heterocycles. The number of aliphatic hydroxyl groups is 1. The van der Waals surface area contributed by atoms with Gasteiger partial charge in [-0.25, -0.2) is 17.7 Å². The second-order valence-electron chi connectivity index (χ2n) is 11.7. The summed E-state index contributed by atoms with van der Waals surface area (Å²) in [5.74, 6) is -1.02. The molecule has 0 aromatic heterocycles. The van der Waals surface area contributed by atoms with Gasteiger partial charge >= 0.3 is 0 Å². The lowest BCUT2D eigenvalue weighted by Crippen LogP contribution is -2.52. The lowest BCUT2D eigenvalue weighted by Gasteiger charge is -2.29. The summed E-state index contributed by atoms with van der Waals surface area (Å²) < 4.78 is 27.3. The van der Waals surface area contributed by atoms with Crippen molar-refractivity contribution in [2.45, 2.75) is 70.4 Å². The topological polar surface area (TPSA) is 139 Å². The smallest absolute Gasteiger partial charge is 0.253 e. The molecule has 2 atom stereocenters. The third-order valence-electron chi connectivity index (χ3n) is 6.92. The quantitative estimate of drug-likeness (QED) is 0.228. The molecular weight excluding hydrogens is 582 g/mol. The molecule has 11 nitrogen and oxygen atoms in total. The number of rotatable bonds is 17. The van der Waals surface area contributed by atoms with Crippen molar-refractivity contribution in [1.29, 1.82) is 0 Å². The van der Waals surface area contributed by atoms with Gasteiger partial charge in [-0.2, -0.15) is 0 Å². The first-order valence-electron chi connectivity index (χ1n) is 15.1.